The van der Waals surface area contributed by atoms with Crippen LogP contribution in [0, 0.1) is 5.92 Å². The molecule has 0 fully saturated rings. The van der Waals surface area contributed by atoms with E-state index >= 15 is 0 Å². The van der Waals surface area contributed by atoms with Crippen molar-refractivity contribution in [2.45, 2.75) is 51.2 Å². The molecular weight excluding hydrogens is 440 g/mol. The number of hydrogen-bond donors (Lipinski definition) is 6. The lowest BCUT2D eigenvalue weighted by atomic mass is 10.0. The number of imidazole rings is 1. The Labute approximate surface area is 197 Å². The minimum Gasteiger partial charge on any atom is -0.480 e. The van der Waals surface area contributed by atoms with Crippen molar-refractivity contribution in [2.24, 2.45) is 11.7 Å². The van der Waals surface area contributed by atoms with Crippen molar-refractivity contribution in [2.75, 3.05) is 6.54 Å². The highest BCUT2D eigenvalue weighted by atomic mass is 16.4. The fraction of sp³-hybridized carbons (Fsp3) is 0.435. The number of nitrogens with zero attached hydrogens (tertiary/aromatic N) is 1. The zero-order valence-corrected chi connectivity index (χ0v) is 19.3. The van der Waals surface area contributed by atoms with E-state index in [0.29, 0.717) is 12.1 Å². The van der Waals surface area contributed by atoms with Crippen LogP contribution in [0.25, 0.3) is 0 Å². The van der Waals surface area contributed by atoms with Crippen LogP contribution in [-0.2, 0) is 32.0 Å². The van der Waals surface area contributed by atoms with Crippen LogP contribution in [0.2, 0.25) is 0 Å². The van der Waals surface area contributed by atoms with Crippen LogP contribution in [0.5, 0.6) is 0 Å². The summed E-state index contributed by atoms with van der Waals surface area (Å²) in [6, 6.07) is 6.10. The first-order valence-corrected chi connectivity index (χ1v) is 11.0. The summed E-state index contributed by atoms with van der Waals surface area (Å²) in [4.78, 5) is 56.2. The van der Waals surface area contributed by atoms with Gasteiger partial charge >= 0.3 is 5.97 Å². The minimum atomic E-state index is -1.21. The van der Waals surface area contributed by atoms with E-state index in [-0.39, 0.29) is 18.8 Å². The number of carbonyl (C=O) groups excluding carboxylic acids is 3. The van der Waals surface area contributed by atoms with Gasteiger partial charge in [-0.05, 0) is 17.9 Å². The lowest BCUT2D eigenvalue weighted by molar-refractivity contribution is -0.138. The van der Waals surface area contributed by atoms with E-state index in [1.807, 2.05) is 19.9 Å². The van der Waals surface area contributed by atoms with E-state index in [1.165, 1.54) is 12.5 Å². The normalized spacial score (nSPS) is 13.5. The molecule has 1 heterocycles. The second-order valence-corrected chi connectivity index (χ2v) is 8.44. The first-order chi connectivity index (χ1) is 16.2. The molecule has 11 heteroatoms. The Morgan fingerprint density at radius 2 is 1.65 bits per heavy atom. The molecule has 0 aliphatic rings. The minimum absolute atomic E-state index is 0.0980. The molecule has 1 aromatic carbocycles. The Kier molecular flexibility index (Phi) is 10.2. The molecule has 0 radical (unpaired) electrons. The molecule has 11 nitrogen and oxygen atoms in total. The number of aromatic amines is 1. The molecule has 34 heavy (non-hydrogen) atoms. The van der Waals surface area contributed by atoms with Gasteiger partial charge in [0.25, 0.3) is 0 Å². The smallest absolute Gasteiger partial charge is 0.322 e. The van der Waals surface area contributed by atoms with Crippen molar-refractivity contribution in [1.29, 1.82) is 0 Å². The van der Waals surface area contributed by atoms with Gasteiger partial charge in [0.15, 0.2) is 0 Å². The van der Waals surface area contributed by atoms with E-state index in [9.17, 15) is 19.2 Å². The molecule has 3 amide bonds. The quantitative estimate of drug-likeness (QED) is 0.232. The molecular formula is C23H32N6O5. The molecule has 7 N–H and O–H groups in total. The number of nitrogens with one attached hydrogen (secondary N) is 4. The van der Waals surface area contributed by atoms with E-state index < -0.39 is 48.4 Å². The van der Waals surface area contributed by atoms with E-state index in [2.05, 4.69) is 25.9 Å². The average Bonchev–Trinajstić information content (AvgIpc) is 3.29. The van der Waals surface area contributed by atoms with Crippen molar-refractivity contribution in [3.8, 4) is 0 Å². The van der Waals surface area contributed by atoms with Gasteiger partial charge in [0.2, 0.25) is 17.7 Å². The molecule has 3 atom stereocenters. The number of aromatic nitrogens is 2. The molecule has 2 rings (SSSR count). The lowest BCUT2D eigenvalue weighted by Gasteiger charge is -2.24. The van der Waals surface area contributed by atoms with Gasteiger partial charge in [-0.15, -0.1) is 0 Å². The Bertz CT molecular complexity index is 948. The highest BCUT2D eigenvalue weighted by Gasteiger charge is 2.29. The highest BCUT2D eigenvalue weighted by molar-refractivity contribution is 5.94. The molecule has 184 valence electrons. The predicted octanol–water partition coefficient (Wildman–Crippen LogP) is -0.261. The van der Waals surface area contributed by atoms with Gasteiger partial charge in [-0.2, -0.15) is 0 Å². The largest absolute Gasteiger partial charge is 0.480 e. The van der Waals surface area contributed by atoms with Gasteiger partial charge in [0.1, 0.15) is 18.6 Å². The topological polar surface area (TPSA) is 179 Å². The third-order valence-corrected chi connectivity index (χ3v) is 5.00. The van der Waals surface area contributed by atoms with Crippen LogP contribution in [0.4, 0.5) is 0 Å². The van der Waals surface area contributed by atoms with Crippen LogP contribution in [0.1, 0.15) is 31.5 Å². The third-order valence-electron chi connectivity index (χ3n) is 5.00. The number of aliphatic carboxylic acids is 1. The maximum atomic E-state index is 13.2. The number of nitrogens with two attached hydrogens (primary N) is 1. The summed E-state index contributed by atoms with van der Waals surface area (Å²) in [5, 5.41) is 16.5. The zero-order valence-electron chi connectivity index (χ0n) is 19.3. The Morgan fingerprint density at radius 3 is 2.24 bits per heavy atom. The molecule has 0 bridgehead atoms. The molecule has 0 saturated heterocycles. The molecule has 3 unspecified atom stereocenters. The SMILES string of the molecule is CC(C)CC(N)C(=O)NC(Cc1cnc[nH]1)C(=O)NC(Cc1ccccc1)C(=O)NCC(=O)O. The van der Waals surface area contributed by atoms with Crippen molar-refractivity contribution in [1.82, 2.24) is 25.9 Å². The fourth-order valence-corrected chi connectivity index (χ4v) is 3.34. The summed E-state index contributed by atoms with van der Waals surface area (Å²) in [5.41, 5.74) is 7.35. The molecule has 0 spiro atoms. The van der Waals surface area contributed by atoms with Gasteiger partial charge in [0, 0.05) is 24.7 Å². The van der Waals surface area contributed by atoms with Crippen LogP contribution in [-0.4, -0.2) is 63.4 Å². The first kappa shape index (κ1) is 26.5. The number of amides is 3. The van der Waals surface area contributed by atoms with Gasteiger partial charge in [0.05, 0.1) is 12.4 Å². The van der Waals surface area contributed by atoms with Crippen molar-refractivity contribution in [3.05, 3.63) is 54.1 Å². The summed E-state index contributed by atoms with van der Waals surface area (Å²) in [6.45, 7) is 3.29. The first-order valence-electron chi connectivity index (χ1n) is 11.0. The molecule has 2 aromatic rings. The van der Waals surface area contributed by atoms with Gasteiger partial charge in [-0.1, -0.05) is 44.2 Å². The molecule has 0 aliphatic carbocycles. The maximum Gasteiger partial charge on any atom is 0.322 e. The van der Waals surface area contributed by atoms with Crippen molar-refractivity contribution >= 4 is 23.7 Å². The molecule has 1 aromatic heterocycles. The van der Waals surface area contributed by atoms with E-state index in [0.717, 1.165) is 5.56 Å². The fourth-order valence-electron chi connectivity index (χ4n) is 3.34. The zero-order chi connectivity index (χ0) is 25.1. The standard InChI is InChI=1S/C23H32N6O5/c1-14(2)8-17(24)21(32)28-19(10-16-11-25-13-27-16)23(34)29-18(22(33)26-12-20(30)31)9-15-6-4-3-5-7-15/h3-7,11,13-14,17-19H,8-10,12,24H2,1-2H3,(H,25,27)(H,26,33)(H,28,32)(H,29,34)(H,30,31). The van der Waals surface area contributed by atoms with Crippen LogP contribution < -0.4 is 21.7 Å². The van der Waals surface area contributed by atoms with Gasteiger partial charge in [-0.3, -0.25) is 19.2 Å². The Balaban J connectivity index is 2.19. The monoisotopic (exact) mass is 472 g/mol. The lowest BCUT2D eigenvalue weighted by Crippen LogP contribution is -2.57. The number of carboxylic acids is 1. The average molecular weight is 473 g/mol. The maximum absolute atomic E-state index is 13.2. The van der Waals surface area contributed by atoms with Crippen LogP contribution in [0.15, 0.2) is 42.9 Å². The molecule has 0 aliphatic heterocycles. The van der Waals surface area contributed by atoms with Gasteiger partial charge < -0.3 is 31.8 Å². The molecule has 0 saturated carbocycles. The van der Waals surface area contributed by atoms with Crippen molar-refractivity contribution < 1.29 is 24.3 Å². The van der Waals surface area contributed by atoms with Gasteiger partial charge in [-0.25, -0.2) is 4.98 Å². The highest BCUT2D eigenvalue weighted by Crippen LogP contribution is 2.07. The van der Waals surface area contributed by atoms with Crippen molar-refractivity contribution in [3.63, 3.8) is 0 Å². The predicted molar refractivity (Wildman–Crippen MR) is 124 cm³/mol. The second-order valence-electron chi connectivity index (χ2n) is 8.44. The van der Waals surface area contributed by atoms with Crippen LogP contribution >= 0.6 is 0 Å². The number of hydrogen-bond acceptors (Lipinski definition) is 6. The number of benzene rings is 1. The summed E-state index contributed by atoms with van der Waals surface area (Å²) in [5.74, 6) is -2.76. The Hall–Kier alpha value is -3.73. The summed E-state index contributed by atoms with van der Waals surface area (Å²) < 4.78 is 0. The number of H-pyrrole nitrogens is 1. The number of carbonyl (C=O) groups is 4. The number of rotatable bonds is 13. The summed E-state index contributed by atoms with van der Waals surface area (Å²) in [6.07, 6.45) is 3.66. The van der Waals surface area contributed by atoms with Crippen LogP contribution in [0.3, 0.4) is 0 Å². The van der Waals surface area contributed by atoms with E-state index in [1.54, 1.807) is 24.3 Å². The summed E-state index contributed by atoms with van der Waals surface area (Å²) >= 11 is 0. The Morgan fingerprint density at radius 1 is 1.00 bits per heavy atom. The number of carboxylic acid groups (broad SMARTS) is 1. The summed E-state index contributed by atoms with van der Waals surface area (Å²) in [7, 11) is 0. The third kappa shape index (κ3) is 9.02. The second kappa shape index (κ2) is 13.1. The van der Waals surface area contributed by atoms with E-state index in [4.69, 9.17) is 10.8 Å².